The van der Waals surface area contributed by atoms with Gasteiger partial charge in [0.1, 0.15) is 5.82 Å². The van der Waals surface area contributed by atoms with Crippen LogP contribution in [0.2, 0.25) is 0 Å². The van der Waals surface area contributed by atoms with Crippen LogP contribution >= 0.6 is 0 Å². The first kappa shape index (κ1) is 27.2. The third kappa shape index (κ3) is 6.94. The van der Waals surface area contributed by atoms with Gasteiger partial charge >= 0.3 is 0 Å². The van der Waals surface area contributed by atoms with Gasteiger partial charge in [-0.3, -0.25) is 9.69 Å². The number of rotatable bonds is 11. The monoisotopic (exact) mass is 525 g/mol. The van der Waals surface area contributed by atoms with Crippen molar-refractivity contribution in [2.24, 2.45) is 0 Å². The first-order chi connectivity index (χ1) is 17.9. The number of hydrogen-bond donors (Lipinski definition) is 0. The number of sulfonamides is 1. The molecule has 0 unspecified atom stereocenters. The second kappa shape index (κ2) is 12.6. The fraction of sp³-hybridized carbons (Fsp3) is 0.414. The molecule has 198 valence electrons. The zero-order valence-corrected chi connectivity index (χ0v) is 22.3. The van der Waals surface area contributed by atoms with Crippen LogP contribution in [0, 0.1) is 5.82 Å². The van der Waals surface area contributed by atoms with Gasteiger partial charge in [0.25, 0.3) is 0 Å². The molecule has 0 N–H and O–H groups in total. The van der Waals surface area contributed by atoms with Crippen molar-refractivity contribution < 1.29 is 17.6 Å². The molecule has 6 nitrogen and oxygen atoms in total. The van der Waals surface area contributed by atoms with Crippen LogP contribution < -0.4 is 0 Å². The van der Waals surface area contributed by atoms with Gasteiger partial charge in [0.2, 0.25) is 15.9 Å². The summed E-state index contributed by atoms with van der Waals surface area (Å²) in [6, 6.07) is 19.2. The van der Waals surface area contributed by atoms with Gasteiger partial charge in [-0.15, -0.1) is 0 Å². The topological polar surface area (TPSA) is 60.9 Å². The molecule has 0 atom stereocenters. The van der Waals surface area contributed by atoms with E-state index in [1.165, 1.54) is 12.1 Å². The maximum Gasteiger partial charge on any atom is 0.243 e. The number of halogens is 1. The number of nitrogens with zero attached hydrogens (tertiary/aromatic N) is 3. The lowest BCUT2D eigenvalue weighted by molar-refractivity contribution is -0.132. The third-order valence-electron chi connectivity index (χ3n) is 7.02. The lowest BCUT2D eigenvalue weighted by atomic mass is 10.1. The Kier molecular flexibility index (Phi) is 9.29. The zero-order valence-electron chi connectivity index (χ0n) is 21.5. The summed E-state index contributed by atoms with van der Waals surface area (Å²) in [4.78, 5) is 17.4. The number of unbranched alkanes of at least 4 members (excludes halogenated alkanes) is 2. The summed E-state index contributed by atoms with van der Waals surface area (Å²) < 4.78 is 41.8. The molecule has 0 radical (unpaired) electrons. The quantitative estimate of drug-likeness (QED) is 0.334. The molecule has 0 spiro atoms. The lowest BCUT2D eigenvalue weighted by Gasteiger charge is -2.35. The molecular formula is C29H36FN3O3S. The molecular weight excluding hydrogens is 489 g/mol. The number of carbonyl (C=O) groups is 1. The molecule has 1 amide bonds. The Morgan fingerprint density at radius 3 is 2.35 bits per heavy atom. The summed E-state index contributed by atoms with van der Waals surface area (Å²) in [5.41, 5.74) is 0.899. The van der Waals surface area contributed by atoms with Crippen molar-refractivity contribution in [3.05, 3.63) is 78.1 Å². The molecule has 1 saturated heterocycles. The summed E-state index contributed by atoms with van der Waals surface area (Å²) in [6.07, 6.45) is 3.44. The Morgan fingerprint density at radius 2 is 1.62 bits per heavy atom. The van der Waals surface area contributed by atoms with Crippen LogP contribution in [0.3, 0.4) is 0 Å². The van der Waals surface area contributed by atoms with Gasteiger partial charge in [-0.25, -0.2) is 12.8 Å². The van der Waals surface area contributed by atoms with Crippen molar-refractivity contribution in [3.8, 4) is 0 Å². The van der Waals surface area contributed by atoms with Crippen LogP contribution in [-0.2, 0) is 21.4 Å². The van der Waals surface area contributed by atoms with Crippen LogP contribution in [0.25, 0.3) is 10.8 Å². The van der Waals surface area contributed by atoms with Gasteiger partial charge in [0, 0.05) is 57.6 Å². The molecule has 1 aliphatic rings. The Hall–Kier alpha value is -2.81. The van der Waals surface area contributed by atoms with Crippen molar-refractivity contribution >= 4 is 26.7 Å². The first-order valence-corrected chi connectivity index (χ1v) is 14.5. The van der Waals surface area contributed by atoms with Gasteiger partial charge in [0.05, 0.1) is 4.90 Å². The second-order valence-electron chi connectivity index (χ2n) is 9.62. The van der Waals surface area contributed by atoms with Crippen molar-refractivity contribution in [2.75, 3.05) is 39.3 Å². The molecule has 0 bridgehead atoms. The standard InChI is InChI=1S/C29H36FN3O3S/c1-2-3-4-12-29(34)32(23-24-13-15-26(30)16-14-24)20-17-31-18-21-33(22-19-31)37(35,36)28-11-7-9-25-8-5-6-10-27(25)28/h5-11,13-16H,2-4,12,17-23H2,1H3. The average molecular weight is 526 g/mol. The molecule has 8 heteroatoms. The molecule has 3 aromatic rings. The van der Waals surface area contributed by atoms with Crippen molar-refractivity contribution in [1.82, 2.24) is 14.1 Å². The van der Waals surface area contributed by atoms with E-state index in [1.54, 1.807) is 28.6 Å². The van der Waals surface area contributed by atoms with E-state index in [2.05, 4.69) is 11.8 Å². The van der Waals surface area contributed by atoms with E-state index in [4.69, 9.17) is 0 Å². The molecule has 3 aromatic carbocycles. The zero-order chi connectivity index (χ0) is 26.3. The smallest absolute Gasteiger partial charge is 0.243 e. The van der Waals surface area contributed by atoms with Crippen LogP contribution in [0.5, 0.6) is 0 Å². The highest BCUT2D eigenvalue weighted by atomic mass is 32.2. The number of benzene rings is 3. The minimum absolute atomic E-state index is 0.106. The highest BCUT2D eigenvalue weighted by Gasteiger charge is 2.30. The Bertz CT molecular complexity index is 1280. The van der Waals surface area contributed by atoms with E-state index in [0.29, 0.717) is 57.1 Å². The molecule has 1 heterocycles. The number of fused-ring (bicyclic) bond motifs is 1. The van der Waals surface area contributed by atoms with E-state index in [0.717, 1.165) is 35.6 Å². The average Bonchev–Trinajstić information content (AvgIpc) is 2.92. The van der Waals surface area contributed by atoms with Gasteiger partial charge in [0.15, 0.2) is 0 Å². The molecule has 37 heavy (non-hydrogen) atoms. The Balaban J connectivity index is 1.36. The largest absolute Gasteiger partial charge is 0.337 e. The fourth-order valence-electron chi connectivity index (χ4n) is 4.80. The van der Waals surface area contributed by atoms with Crippen LogP contribution in [-0.4, -0.2) is 67.7 Å². The molecule has 1 fully saturated rings. The van der Waals surface area contributed by atoms with E-state index in [-0.39, 0.29) is 11.7 Å². The summed E-state index contributed by atoms with van der Waals surface area (Å²) in [7, 11) is -3.60. The van der Waals surface area contributed by atoms with Crippen LogP contribution in [0.15, 0.2) is 71.6 Å². The predicted octanol–water partition coefficient (Wildman–Crippen LogP) is 4.89. The SMILES string of the molecule is CCCCCC(=O)N(CCN1CCN(S(=O)(=O)c2cccc3ccccc23)CC1)Cc1ccc(F)cc1. The Morgan fingerprint density at radius 1 is 0.919 bits per heavy atom. The molecule has 0 aromatic heterocycles. The summed E-state index contributed by atoms with van der Waals surface area (Å²) in [6.45, 7) is 5.82. The summed E-state index contributed by atoms with van der Waals surface area (Å²) in [5, 5.41) is 1.65. The molecule has 0 aliphatic carbocycles. The Labute approximate surface area is 219 Å². The predicted molar refractivity (Wildman–Crippen MR) is 145 cm³/mol. The number of carbonyl (C=O) groups excluding carboxylic acids is 1. The van der Waals surface area contributed by atoms with Crippen molar-refractivity contribution in [2.45, 2.75) is 44.0 Å². The second-order valence-corrected chi connectivity index (χ2v) is 11.5. The fourth-order valence-corrected chi connectivity index (χ4v) is 6.44. The minimum Gasteiger partial charge on any atom is -0.337 e. The molecule has 1 aliphatic heterocycles. The lowest BCUT2D eigenvalue weighted by Crippen LogP contribution is -2.50. The maximum atomic E-state index is 13.4. The normalized spacial score (nSPS) is 15.2. The van der Waals surface area contributed by atoms with Crippen molar-refractivity contribution in [1.29, 1.82) is 0 Å². The summed E-state index contributed by atoms with van der Waals surface area (Å²) >= 11 is 0. The van der Waals surface area contributed by atoms with Crippen LogP contribution in [0.1, 0.15) is 38.2 Å². The molecule has 0 saturated carbocycles. The molecule has 4 rings (SSSR count). The van der Waals surface area contributed by atoms with E-state index in [9.17, 15) is 17.6 Å². The third-order valence-corrected chi connectivity index (χ3v) is 8.98. The van der Waals surface area contributed by atoms with Crippen LogP contribution in [0.4, 0.5) is 4.39 Å². The number of amides is 1. The van der Waals surface area contributed by atoms with E-state index in [1.807, 2.05) is 35.2 Å². The minimum atomic E-state index is -3.60. The van der Waals surface area contributed by atoms with Crippen molar-refractivity contribution in [3.63, 3.8) is 0 Å². The maximum absolute atomic E-state index is 13.4. The van der Waals surface area contributed by atoms with Gasteiger partial charge in [-0.1, -0.05) is 68.3 Å². The van der Waals surface area contributed by atoms with E-state index < -0.39 is 10.0 Å². The summed E-state index contributed by atoms with van der Waals surface area (Å²) in [5.74, 6) is -0.184. The van der Waals surface area contributed by atoms with Gasteiger partial charge in [-0.05, 0) is 35.6 Å². The van der Waals surface area contributed by atoms with E-state index >= 15 is 0 Å². The number of piperazine rings is 1. The highest BCUT2D eigenvalue weighted by Crippen LogP contribution is 2.26. The highest BCUT2D eigenvalue weighted by molar-refractivity contribution is 7.89. The number of hydrogen-bond acceptors (Lipinski definition) is 4. The van der Waals surface area contributed by atoms with Gasteiger partial charge < -0.3 is 4.90 Å². The first-order valence-electron chi connectivity index (χ1n) is 13.1. The van der Waals surface area contributed by atoms with Gasteiger partial charge in [-0.2, -0.15) is 4.31 Å².